The van der Waals surface area contributed by atoms with E-state index in [0.717, 1.165) is 0 Å². The third kappa shape index (κ3) is 1.53. The summed E-state index contributed by atoms with van der Waals surface area (Å²) in [7, 11) is 0. The van der Waals surface area contributed by atoms with Crippen LogP contribution in [0.15, 0.2) is 12.3 Å². The molecule has 0 aliphatic carbocycles. The van der Waals surface area contributed by atoms with Gasteiger partial charge in [-0.3, -0.25) is 0 Å². The van der Waals surface area contributed by atoms with Crippen molar-refractivity contribution in [1.82, 2.24) is 0 Å². The van der Waals surface area contributed by atoms with Crippen molar-refractivity contribution in [1.29, 1.82) is 0 Å². The Hall–Kier alpha value is -0.990. The number of ether oxygens (including phenoxy) is 2. The first-order valence-electron chi connectivity index (χ1n) is 3.80. The molecular weight excluding hydrogens is 144 g/mol. The zero-order valence-corrected chi connectivity index (χ0v) is 6.79. The molecule has 0 atom stereocenters. The van der Waals surface area contributed by atoms with Gasteiger partial charge in [0.1, 0.15) is 0 Å². The van der Waals surface area contributed by atoms with Crippen LogP contribution in [0.2, 0.25) is 0 Å². The van der Waals surface area contributed by atoms with E-state index in [1.165, 1.54) is 12.3 Å². The Bertz CT molecular complexity index is 180. The zero-order chi connectivity index (χ0) is 8.32. The minimum absolute atomic E-state index is 0.319. The average molecular weight is 156 g/mol. The molecule has 0 bridgehead atoms. The molecule has 11 heavy (non-hydrogen) atoms. The minimum Gasteiger partial charge on any atom is -0.460 e. The molecule has 62 valence electrons. The highest BCUT2D eigenvalue weighted by atomic mass is 16.7. The molecular formula is C8H12O3. The molecule has 3 heteroatoms. The van der Waals surface area contributed by atoms with Crippen LogP contribution in [0.5, 0.6) is 0 Å². The molecule has 0 N–H and O–H groups in total. The van der Waals surface area contributed by atoms with Crippen LogP contribution in [-0.4, -0.2) is 11.8 Å². The SMILES string of the molecule is CCC1(CC)OC=CC(=O)O1. The number of carbonyl (C=O) groups excluding carboxylic acids is 1. The lowest BCUT2D eigenvalue weighted by molar-refractivity contribution is -0.216. The predicted octanol–water partition coefficient (Wildman–Crippen LogP) is 1.59. The number of esters is 1. The Labute approximate surface area is 66.0 Å². The first kappa shape index (κ1) is 8.11. The molecule has 1 heterocycles. The smallest absolute Gasteiger partial charge is 0.337 e. The van der Waals surface area contributed by atoms with Gasteiger partial charge in [0.15, 0.2) is 0 Å². The summed E-state index contributed by atoms with van der Waals surface area (Å²) in [5.74, 6) is -1.02. The summed E-state index contributed by atoms with van der Waals surface area (Å²) in [5, 5.41) is 0. The summed E-state index contributed by atoms with van der Waals surface area (Å²) in [5.41, 5.74) is 0. The van der Waals surface area contributed by atoms with Crippen molar-refractivity contribution in [3.05, 3.63) is 12.3 Å². The highest BCUT2D eigenvalue weighted by molar-refractivity contribution is 5.82. The predicted molar refractivity (Wildman–Crippen MR) is 39.6 cm³/mol. The van der Waals surface area contributed by atoms with E-state index < -0.39 is 5.79 Å². The van der Waals surface area contributed by atoms with E-state index >= 15 is 0 Å². The van der Waals surface area contributed by atoms with Crippen molar-refractivity contribution >= 4 is 5.97 Å². The Kier molecular flexibility index (Phi) is 2.17. The van der Waals surface area contributed by atoms with Crippen LogP contribution in [0.1, 0.15) is 26.7 Å². The Morgan fingerprint density at radius 2 is 2.09 bits per heavy atom. The summed E-state index contributed by atoms with van der Waals surface area (Å²) in [6.45, 7) is 3.85. The average Bonchev–Trinajstić information content (AvgIpc) is 2.04. The molecule has 0 aromatic rings. The van der Waals surface area contributed by atoms with Gasteiger partial charge in [-0.05, 0) is 0 Å². The van der Waals surface area contributed by atoms with E-state index in [-0.39, 0.29) is 5.97 Å². The van der Waals surface area contributed by atoms with Crippen LogP contribution >= 0.6 is 0 Å². The van der Waals surface area contributed by atoms with Crippen molar-refractivity contribution in [2.75, 3.05) is 0 Å². The first-order valence-corrected chi connectivity index (χ1v) is 3.80. The van der Waals surface area contributed by atoms with Crippen LogP contribution < -0.4 is 0 Å². The van der Waals surface area contributed by atoms with E-state index in [2.05, 4.69) is 0 Å². The molecule has 3 nitrogen and oxygen atoms in total. The molecule has 0 aromatic carbocycles. The lowest BCUT2D eigenvalue weighted by atomic mass is 10.1. The van der Waals surface area contributed by atoms with Crippen LogP contribution in [0.3, 0.4) is 0 Å². The van der Waals surface area contributed by atoms with Gasteiger partial charge < -0.3 is 9.47 Å². The molecule has 0 aromatic heterocycles. The molecule has 0 saturated carbocycles. The largest absolute Gasteiger partial charge is 0.460 e. The number of carbonyl (C=O) groups is 1. The van der Waals surface area contributed by atoms with Crippen molar-refractivity contribution < 1.29 is 14.3 Å². The fourth-order valence-electron chi connectivity index (χ4n) is 1.02. The van der Waals surface area contributed by atoms with Gasteiger partial charge in [-0.15, -0.1) is 0 Å². The maximum atomic E-state index is 10.8. The lowest BCUT2D eigenvalue weighted by Gasteiger charge is -2.32. The highest BCUT2D eigenvalue weighted by Gasteiger charge is 2.33. The first-order chi connectivity index (χ1) is 5.22. The van der Waals surface area contributed by atoms with Gasteiger partial charge >= 0.3 is 5.97 Å². The maximum Gasteiger partial charge on any atom is 0.337 e. The van der Waals surface area contributed by atoms with Crippen molar-refractivity contribution in [2.45, 2.75) is 32.5 Å². The number of hydrogen-bond donors (Lipinski definition) is 0. The van der Waals surface area contributed by atoms with Gasteiger partial charge in [-0.2, -0.15) is 0 Å². The maximum absolute atomic E-state index is 10.8. The van der Waals surface area contributed by atoms with Gasteiger partial charge in [-0.25, -0.2) is 4.79 Å². The third-order valence-corrected chi connectivity index (χ3v) is 1.85. The van der Waals surface area contributed by atoms with Gasteiger partial charge in [0.2, 0.25) is 0 Å². The summed E-state index contributed by atoms with van der Waals surface area (Å²) < 4.78 is 10.2. The van der Waals surface area contributed by atoms with Gasteiger partial charge in [0, 0.05) is 12.8 Å². The van der Waals surface area contributed by atoms with E-state index in [1.54, 1.807) is 0 Å². The highest BCUT2D eigenvalue weighted by Crippen LogP contribution is 2.25. The monoisotopic (exact) mass is 156 g/mol. The number of hydrogen-bond acceptors (Lipinski definition) is 3. The molecule has 0 radical (unpaired) electrons. The second-order valence-corrected chi connectivity index (χ2v) is 2.46. The molecule has 1 aliphatic heterocycles. The quantitative estimate of drug-likeness (QED) is 0.569. The molecule has 0 spiro atoms. The summed E-state index contributed by atoms with van der Waals surface area (Å²) in [4.78, 5) is 10.8. The summed E-state index contributed by atoms with van der Waals surface area (Å²) in [6.07, 6.45) is 4.04. The topological polar surface area (TPSA) is 35.5 Å². The van der Waals surface area contributed by atoms with E-state index in [0.29, 0.717) is 12.8 Å². The summed E-state index contributed by atoms with van der Waals surface area (Å²) >= 11 is 0. The normalized spacial score (nSPS) is 20.7. The minimum atomic E-state index is -0.703. The fraction of sp³-hybridized carbons (Fsp3) is 0.625. The van der Waals surface area contributed by atoms with Crippen molar-refractivity contribution in [3.63, 3.8) is 0 Å². The Morgan fingerprint density at radius 3 is 2.45 bits per heavy atom. The Balaban J connectivity index is 2.71. The molecule has 0 amide bonds. The lowest BCUT2D eigenvalue weighted by Crippen LogP contribution is -2.37. The number of cyclic esters (lactones) is 1. The Morgan fingerprint density at radius 1 is 1.45 bits per heavy atom. The van der Waals surface area contributed by atoms with Gasteiger partial charge in [-0.1, -0.05) is 13.8 Å². The van der Waals surface area contributed by atoms with Crippen LogP contribution in [-0.2, 0) is 14.3 Å². The zero-order valence-electron chi connectivity index (χ0n) is 6.79. The third-order valence-electron chi connectivity index (χ3n) is 1.85. The van der Waals surface area contributed by atoms with Crippen molar-refractivity contribution in [2.24, 2.45) is 0 Å². The molecule has 0 saturated heterocycles. The standard InChI is InChI=1S/C8H12O3/c1-3-8(4-2)10-6-5-7(9)11-8/h5-6H,3-4H2,1-2H3. The fourth-order valence-corrected chi connectivity index (χ4v) is 1.02. The van der Waals surface area contributed by atoms with E-state index in [1.807, 2.05) is 13.8 Å². The summed E-state index contributed by atoms with van der Waals surface area (Å²) in [6, 6.07) is 0. The van der Waals surface area contributed by atoms with Gasteiger partial charge in [0.05, 0.1) is 12.3 Å². The van der Waals surface area contributed by atoms with E-state index in [9.17, 15) is 4.79 Å². The second-order valence-electron chi connectivity index (χ2n) is 2.46. The van der Waals surface area contributed by atoms with Crippen LogP contribution in [0.25, 0.3) is 0 Å². The molecule has 0 unspecified atom stereocenters. The molecule has 1 rings (SSSR count). The van der Waals surface area contributed by atoms with Gasteiger partial charge in [0.25, 0.3) is 5.79 Å². The number of rotatable bonds is 2. The van der Waals surface area contributed by atoms with E-state index in [4.69, 9.17) is 9.47 Å². The molecule has 1 aliphatic rings. The molecule has 0 fully saturated rings. The van der Waals surface area contributed by atoms with Crippen molar-refractivity contribution in [3.8, 4) is 0 Å². The van der Waals surface area contributed by atoms with Crippen LogP contribution in [0, 0.1) is 0 Å². The second kappa shape index (κ2) is 2.95. The van der Waals surface area contributed by atoms with Crippen LogP contribution in [0.4, 0.5) is 0 Å².